The van der Waals surface area contributed by atoms with Crippen molar-refractivity contribution in [1.29, 1.82) is 0 Å². The molecule has 0 radical (unpaired) electrons. The Hall–Kier alpha value is -1.10. The molecule has 1 saturated heterocycles. The molecule has 1 aliphatic heterocycles. The van der Waals surface area contributed by atoms with Gasteiger partial charge < -0.3 is 15.5 Å². The summed E-state index contributed by atoms with van der Waals surface area (Å²) in [7, 11) is 3.44. The molecule has 1 aliphatic rings. The van der Waals surface area contributed by atoms with Crippen molar-refractivity contribution in [3.05, 3.63) is 0 Å². The summed E-state index contributed by atoms with van der Waals surface area (Å²) in [5.74, 6) is -0.0795. The lowest BCUT2D eigenvalue weighted by atomic mass is 10.1. The van der Waals surface area contributed by atoms with Crippen LogP contribution >= 0.6 is 0 Å². The topological polar surface area (TPSA) is 66.6 Å². The van der Waals surface area contributed by atoms with E-state index in [1.807, 2.05) is 6.92 Å². The Kier molecular flexibility index (Phi) is 4.93. The lowest BCUT2D eigenvalue weighted by Gasteiger charge is -2.28. The van der Waals surface area contributed by atoms with Crippen LogP contribution in [0.15, 0.2) is 0 Å². The van der Waals surface area contributed by atoms with E-state index >= 15 is 0 Å². The molecule has 0 aromatic heterocycles. The average molecular weight is 241 g/mol. The van der Waals surface area contributed by atoms with Gasteiger partial charge in [-0.1, -0.05) is 13.3 Å². The van der Waals surface area contributed by atoms with Crippen molar-refractivity contribution < 1.29 is 9.59 Å². The number of hydrogen-bond acceptors (Lipinski definition) is 3. The van der Waals surface area contributed by atoms with E-state index in [1.54, 1.807) is 23.9 Å². The highest BCUT2D eigenvalue weighted by Gasteiger charge is 2.36. The van der Waals surface area contributed by atoms with Crippen LogP contribution < -0.4 is 5.73 Å². The fourth-order valence-corrected chi connectivity index (χ4v) is 2.23. The Morgan fingerprint density at radius 1 is 1.47 bits per heavy atom. The molecule has 17 heavy (non-hydrogen) atoms. The van der Waals surface area contributed by atoms with Crippen LogP contribution in [0.3, 0.4) is 0 Å². The molecule has 0 saturated carbocycles. The molecule has 0 aromatic carbocycles. The van der Waals surface area contributed by atoms with Gasteiger partial charge in [-0.2, -0.15) is 0 Å². The van der Waals surface area contributed by atoms with Crippen molar-refractivity contribution in [3.63, 3.8) is 0 Å². The second-order valence-electron chi connectivity index (χ2n) is 4.82. The van der Waals surface area contributed by atoms with E-state index < -0.39 is 6.04 Å². The number of carbonyl (C=O) groups is 2. The minimum Gasteiger partial charge on any atom is -0.347 e. The van der Waals surface area contributed by atoms with Crippen molar-refractivity contribution in [2.45, 2.75) is 44.7 Å². The van der Waals surface area contributed by atoms with Crippen LogP contribution in [0.1, 0.15) is 32.6 Å². The van der Waals surface area contributed by atoms with Gasteiger partial charge in [0, 0.05) is 20.6 Å². The molecule has 1 unspecified atom stereocenters. The zero-order valence-electron chi connectivity index (χ0n) is 11.0. The summed E-state index contributed by atoms with van der Waals surface area (Å²) in [6.45, 7) is 2.65. The molecule has 1 rings (SSSR count). The Bertz CT molecular complexity index is 291. The van der Waals surface area contributed by atoms with Crippen LogP contribution in [-0.4, -0.2) is 54.3 Å². The first-order chi connectivity index (χ1) is 7.99. The zero-order chi connectivity index (χ0) is 13.0. The number of likely N-dealkylation sites (tertiary alicyclic amines) is 1. The molecule has 5 heteroatoms. The smallest absolute Gasteiger partial charge is 0.244 e. The maximum absolute atomic E-state index is 12.1. The van der Waals surface area contributed by atoms with Crippen LogP contribution in [0, 0.1) is 0 Å². The fourth-order valence-electron chi connectivity index (χ4n) is 2.23. The highest BCUT2D eigenvalue weighted by Crippen LogP contribution is 2.20. The Morgan fingerprint density at radius 3 is 2.65 bits per heavy atom. The normalized spacial score (nSPS) is 21.4. The summed E-state index contributed by atoms with van der Waals surface area (Å²) < 4.78 is 0. The van der Waals surface area contributed by atoms with Crippen molar-refractivity contribution in [2.24, 2.45) is 5.73 Å². The summed E-state index contributed by atoms with van der Waals surface area (Å²) in [5.41, 5.74) is 5.83. The minimum absolute atomic E-state index is 0.000418. The maximum Gasteiger partial charge on any atom is 0.244 e. The highest BCUT2D eigenvalue weighted by molar-refractivity contribution is 5.90. The van der Waals surface area contributed by atoms with Crippen molar-refractivity contribution in [1.82, 2.24) is 9.80 Å². The van der Waals surface area contributed by atoms with Gasteiger partial charge in [-0.3, -0.25) is 9.59 Å². The molecule has 2 amide bonds. The second kappa shape index (κ2) is 6.00. The minimum atomic E-state index is -0.462. The molecule has 0 spiro atoms. The van der Waals surface area contributed by atoms with Gasteiger partial charge in [-0.05, 0) is 19.3 Å². The third-order valence-electron chi connectivity index (χ3n) is 3.18. The fraction of sp³-hybridized carbons (Fsp3) is 0.833. The second-order valence-corrected chi connectivity index (χ2v) is 4.82. The number of amides is 2. The largest absolute Gasteiger partial charge is 0.347 e. The van der Waals surface area contributed by atoms with Gasteiger partial charge in [0.25, 0.3) is 0 Å². The Labute approximate surface area is 103 Å². The Morgan fingerprint density at radius 2 is 2.12 bits per heavy atom. The molecule has 2 atom stereocenters. The molecule has 0 aromatic rings. The van der Waals surface area contributed by atoms with E-state index in [2.05, 4.69) is 0 Å². The van der Waals surface area contributed by atoms with Crippen LogP contribution in [0.4, 0.5) is 0 Å². The van der Waals surface area contributed by atoms with E-state index in [4.69, 9.17) is 5.73 Å². The third kappa shape index (κ3) is 3.19. The summed E-state index contributed by atoms with van der Waals surface area (Å²) in [4.78, 5) is 27.2. The van der Waals surface area contributed by atoms with Gasteiger partial charge >= 0.3 is 0 Å². The van der Waals surface area contributed by atoms with Crippen LogP contribution in [0.25, 0.3) is 0 Å². The van der Waals surface area contributed by atoms with Crippen molar-refractivity contribution >= 4 is 11.8 Å². The van der Waals surface area contributed by atoms with E-state index in [1.165, 1.54) is 0 Å². The number of carbonyl (C=O) groups excluding carboxylic acids is 2. The molecule has 0 aliphatic carbocycles. The lowest BCUT2D eigenvalue weighted by Crippen LogP contribution is -2.50. The van der Waals surface area contributed by atoms with Gasteiger partial charge in [-0.25, -0.2) is 0 Å². The molecule has 0 bridgehead atoms. The Balaban J connectivity index is 2.69. The first-order valence-electron chi connectivity index (χ1n) is 6.26. The third-order valence-corrected chi connectivity index (χ3v) is 3.18. The van der Waals surface area contributed by atoms with E-state index in [0.717, 1.165) is 19.3 Å². The van der Waals surface area contributed by atoms with Crippen LogP contribution in [0.2, 0.25) is 0 Å². The van der Waals surface area contributed by atoms with E-state index in [-0.39, 0.29) is 17.9 Å². The van der Waals surface area contributed by atoms with Gasteiger partial charge in [0.2, 0.25) is 11.8 Å². The summed E-state index contributed by atoms with van der Waals surface area (Å²) in [5, 5.41) is 0. The molecular formula is C12H23N3O2. The predicted molar refractivity (Wildman–Crippen MR) is 66.3 cm³/mol. The lowest BCUT2D eigenvalue weighted by molar-refractivity contribution is -0.143. The van der Waals surface area contributed by atoms with Gasteiger partial charge in [0.15, 0.2) is 0 Å². The maximum atomic E-state index is 12.1. The number of nitrogens with zero attached hydrogens (tertiary/aromatic N) is 2. The molecule has 1 heterocycles. The molecule has 2 N–H and O–H groups in total. The summed E-state index contributed by atoms with van der Waals surface area (Å²) >= 11 is 0. The SMILES string of the molecule is CCC[C@H](N)C(=O)N1CCCC1C(=O)N(C)C. The van der Waals surface area contributed by atoms with Crippen molar-refractivity contribution in [2.75, 3.05) is 20.6 Å². The summed E-state index contributed by atoms with van der Waals surface area (Å²) in [6.07, 6.45) is 3.20. The zero-order valence-corrected chi connectivity index (χ0v) is 11.0. The number of hydrogen-bond donors (Lipinski definition) is 1. The quantitative estimate of drug-likeness (QED) is 0.764. The first kappa shape index (κ1) is 14.0. The van der Waals surface area contributed by atoms with E-state index in [9.17, 15) is 9.59 Å². The van der Waals surface area contributed by atoms with E-state index in [0.29, 0.717) is 13.0 Å². The average Bonchev–Trinajstić information content (AvgIpc) is 2.75. The molecule has 5 nitrogen and oxygen atoms in total. The van der Waals surface area contributed by atoms with Crippen LogP contribution in [-0.2, 0) is 9.59 Å². The van der Waals surface area contributed by atoms with Crippen LogP contribution in [0.5, 0.6) is 0 Å². The predicted octanol–water partition coefficient (Wildman–Crippen LogP) is 0.193. The van der Waals surface area contributed by atoms with Gasteiger partial charge in [0.05, 0.1) is 6.04 Å². The molecule has 98 valence electrons. The monoisotopic (exact) mass is 241 g/mol. The highest BCUT2D eigenvalue weighted by atomic mass is 16.2. The number of likely N-dealkylation sites (N-methyl/N-ethyl adjacent to an activating group) is 1. The number of nitrogens with two attached hydrogens (primary N) is 1. The molecular weight excluding hydrogens is 218 g/mol. The number of rotatable bonds is 4. The first-order valence-corrected chi connectivity index (χ1v) is 6.26. The van der Waals surface area contributed by atoms with Crippen molar-refractivity contribution in [3.8, 4) is 0 Å². The molecule has 1 fully saturated rings. The van der Waals surface area contributed by atoms with Gasteiger partial charge in [0.1, 0.15) is 6.04 Å². The standard InChI is InChI=1S/C12H23N3O2/c1-4-6-9(13)11(16)15-8-5-7-10(15)12(17)14(2)3/h9-10H,4-8,13H2,1-3H3/t9-,10?/m0/s1. The van der Waals surface area contributed by atoms with Gasteiger partial charge in [-0.15, -0.1) is 0 Å². The summed E-state index contributed by atoms with van der Waals surface area (Å²) in [6, 6.07) is -0.768.